The molecule has 0 heterocycles. The first-order valence-corrected chi connectivity index (χ1v) is 7.70. The minimum atomic E-state index is -3.43. The van der Waals surface area contributed by atoms with Crippen molar-refractivity contribution >= 4 is 28.3 Å². The molecule has 4 nitrogen and oxygen atoms in total. The normalized spacial score (nSPS) is 12.9. The standard InChI is InChI=1S/C8H8Cl2N3OP/c9-15(10,14)8(12-13-11)6-7-4-2-1-3-5-7/h1-5,8H,6H2. The maximum Gasteiger partial charge on any atom is 0.262 e. The van der Waals surface area contributed by atoms with E-state index in [2.05, 4.69) is 10.0 Å². The Morgan fingerprint density at radius 1 is 1.40 bits per heavy atom. The maximum atomic E-state index is 11.4. The van der Waals surface area contributed by atoms with E-state index >= 15 is 0 Å². The van der Waals surface area contributed by atoms with Gasteiger partial charge in [0.15, 0.2) is 0 Å². The zero-order valence-corrected chi connectivity index (χ0v) is 10.0. The maximum absolute atomic E-state index is 11.4. The van der Waals surface area contributed by atoms with Crippen LogP contribution in [-0.2, 0) is 11.0 Å². The Kier molecular flexibility index (Phi) is 4.49. The van der Waals surface area contributed by atoms with Crippen molar-refractivity contribution in [2.24, 2.45) is 5.11 Å². The Hall–Kier alpha value is -0.660. The van der Waals surface area contributed by atoms with Crippen LogP contribution in [0.15, 0.2) is 35.4 Å². The van der Waals surface area contributed by atoms with Crippen LogP contribution in [0.3, 0.4) is 0 Å². The van der Waals surface area contributed by atoms with Gasteiger partial charge < -0.3 is 0 Å². The molecular weight excluding hydrogens is 256 g/mol. The molecule has 0 bridgehead atoms. The predicted molar refractivity (Wildman–Crippen MR) is 62.4 cm³/mol. The van der Waals surface area contributed by atoms with Crippen molar-refractivity contribution < 1.29 is 4.57 Å². The van der Waals surface area contributed by atoms with Gasteiger partial charge in [0.2, 0.25) is 0 Å². The second kappa shape index (κ2) is 5.43. The summed E-state index contributed by atoms with van der Waals surface area (Å²) in [5, 5.41) is 3.34. The summed E-state index contributed by atoms with van der Waals surface area (Å²) in [5.41, 5.74) is 9.17. The highest BCUT2D eigenvalue weighted by Crippen LogP contribution is 2.62. The van der Waals surface area contributed by atoms with Gasteiger partial charge in [-0.1, -0.05) is 35.4 Å². The lowest BCUT2D eigenvalue weighted by Crippen LogP contribution is -2.03. The van der Waals surface area contributed by atoms with E-state index in [9.17, 15) is 4.57 Å². The summed E-state index contributed by atoms with van der Waals surface area (Å²) in [7, 11) is 0. The highest BCUT2D eigenvalue weighted by molar-refractivity contribution is 8.09. The van der Waals surface area contributed by atoms with Crippen molar-refractivity contribution in [3.05, 3.63) is 46.3 Å². The smallest absolute Gasteiger partial charge is 0.262 e. The number of halogens is 2. The van der Waals surface area contributed by atoms with E-state index in [1.54, 1.807) is 0 Å². The van der Waals surface area contributed by atoms with Crippen LogP contribution in [0.1, 0.15) is 5.56 Å². The number of benzene rings is 1. The number of rotatable bonds is 4. The molecule has 0 fully saturated rings. The third kappa shape index (κ3) is 4.15. The van der Waals surface area contributed by atoms with Crippen LogP contribution in [-0.4, -0.2) is 5.78 Å². The second-order valence-electron chi connectivity index (χ2n) is 2.88. The van der Waals surface area contributed by atoms with Crippen molar-refractivity contribution in [3.63, 3.8) is 0 Å². The fraction of sp³-hybridized carbons (Fsp3) is 0.250. The van der Waals surface area contributed by atoms with Gasteiger partial charge in [0.05, 0.1) is 0 Å². The fourth-order valence-corrected chi connectivity index (χ4v) is 2.33. The molecule has 0 saturated carbocycles. The summed E-state index contributed by atoms with van der Waals surface area (Å²) < 4.78 is 11.4. The number of azide groups is 1. The van der Waals surface area contributed by atoms with Crippen LogP contribution in [0.25, 0.3) is 10.4 Å². The largest absolute Gasteiger partial charge is 0.289 e. The van der Waals surface area contributed by atoms with Crippen molar-refractivity contribution in [2.45, 2.75) is 12.2 Å². The van der Waals surface area contributed by atoms with E-state index in [0.717, 1.165) is 5.56 Å². The van der Waals surface area contributed by atoms with Gasteiger partial charge in [0, 0.05) is 4.91 Å². The zero-order chi connectivity index (χ0) is 11.3. The molecule has 0 spiro atoms. The van der Waals surface area contributed by atoms with Crippen LogP contribution in [0, 0.1) is 0 Å². The monoisotopic (exact) mass is 263 g/mol. The molecule has 0 amide bonds. The molecule has 1 atom stereocenters. The molecule has 0 aromatic heterocycles. The lowest BCUT2D eigenvalue weighted by molar-refractivity contribution is 0.583. The third-order valence-electron chi connectivity index (χ3n) is 1.79. The van der Waals surface area contributed by atoms with Crippen LogP contribution < -0.4 is 0 Å². The molecule has 0 N–H and O–H groups in total. The van der Waals surface area contributed by atoms with E-state index in [-0.39, 0.29) is 6.42 Å². The molecule has 0 saturated heterocycles. The Bertz CT molecular complexity index is 413. The SMILES string of the molecule is [N-]=[N+]=NC(Cc1ccccc1)P(=O)(Cl)Cl. The Morgan fingerprint density at radius 2 is 2.00 bits per heavy atom. The van der Waals surface area contributed by atoms with Gasteiger partial charge in [0.1, 0.15) is 5.78 Å². The second-order valence-corrected chi connectivity index (χ2v) is 8.01. The molecule has 1 aromatic carbocycles. The highest BCUT2D eigenvalue weighted by Gasteiger charge is 2.27. The molecule has 0 aliphatic carbocycles. The lowest BCUT2D eigenvalue weighted by Gasteiger charge is -2.11. The zero-order valence-electron chi connectivity index (χ0n) is 7.62. The van der Waals surface area contributed by atoms with Crippen LogP contribution >= 0.6 is 28.3 Å². The van der Waals surface area contributed by atoms with Gasteiger partial charge >= 0.3 is 0 Å². The van der Waals surface area contributed by atoms with Gasteiger partial charge in [0.25, 0.3) is 5.85 Å². The first-order valence-electron chi connectivity index (χ1n) is 4.11. The van der Waals surface area contributed by atoms with Gasteiger partial charge in [-0.15, -0.1) is 0 Å². The first kappa shape index (κ1) is 12.4. The van der Waals surface area contributed by atoms with Crippen LogP contribution in [0.5, 0.6) is 0 Å². The summed E-state index contributed by atoms with van der Waals surface area (Å²) in [4.78, 5) is 2.58. The van der Waals surface area contributed by atoms with E-state index in [1.807, 2.05) is 30.3 Å². The average molecular weight is 264 g/mol. The molecule has 0 aliphatic heterocycles. The quantitative estimate of drug-likeness (QED) is 0.340. The molecule has 1 rings (SSSR count). The molecule has 80 valence electrons. The molecule has 15 heavy (non-hydrogen) atoms. The van der Waals surface area contributed by atoms with E-state index in [0.29, 0.717) is 0 Å². The number of hydrogen-bond donors (Lipinski definition) is 0. The Balaban J connectivity index is 2.86. The van der Waals surface area contributed by atoms with E-state index < -0.39 is 11.6 Å². The number of hydrogen-bond acceptors (Lipinski definition) is 2. The Labute approximate surface area is 96.8 Å². The lowest BCUT2D eigenvalue weighted by atomic mass is 10.1. The summed E-state index contributed by atoms with van der Waals surface area (Å²) in [6, 6.07) is 9.16. The topological polar surface area (TPSA) is 65.8 Å². The fourth-order valence-electron chi connectivity index (χ4n) is 1.09. The minimum absolute atomic E-state index is 0.273. The summed E-state index contributed by atoms with van der Waals surface area (Å²) in [5.74, 6) is -4.34. The van der Waals surface area contributed by atoms with Gasteiger partial charge in [-0.2, -0.15) is 0 Å². The summed E-state index contributed by atoms with van der Waals surface area (Å²) in [6.45, 7) is 0. The van der Waals surface area contributed by atoms with E-state index in [1.165, 1.54) is 0 Å². The van der Waals surface area contributed by atoms with Crippen molar-refractivity contribution in [3.8, 4) is 0 Å². The molecule has 0 aliphatic rings. The average Bonchev–Trinajstić information content (AvgIpc) is 2.17. The molecule has 0 radical (unpaired) electrons. The van der Waals surface area contributed by atoms with Crippen molar-refractivity contribution in [1.29, 1.82) is 0 Å². The first-order chi connectivity index (χ1) is 7.04. The highest BCUT2D eigenvalue weighted by atomic mass is 35.9. The minimum Gasteiger partial charge on any atom is -0.289 e. The van der Waals surface area contributed by atoms with Gasteiger partial charge in [-0.25, -0.2) is 0 Å². The number of nitrogens with zero attached hydrogens (tertiary/aromatic N) is 3. The summed E-state index contributed by atoms with van der Waals surface area (Å²) >= 11 is 11.0. The van der Waals surface area contributed by atoms with Crippen LogP contribution in [0.4, 0.5) is 0 Å². The van der Waals surface area contributed by atoms with Crippen LogP contribution in [0.2, 0.25) is 0 Å². The third-order valence-corrected chi connectivity index (χ3v) is 4.12. The molecular formula is C8H8Cl2N3OP. The van der Waals surface area contributed by atoms with Crippen molar-refractivity contribution in [2.75, 3.05) is 0 Å². The Morgan fingerprint density at radius 3 is 2.47 bits per heavy atom. The summed E-state index contributed by atoms with van der Waals surface area (Å²) in [6.07, 6.45) is 0.273. The molecule has 1 aromatic rings. The molecule has 7 heteroatoms. The molecule has 1 unspecified atom stereocenters. The van der Waals surface area contributed by atoms with Gasteiger partial charge in [-0.3, -0.25) is 4.57 Å². The predicted octanol–water partition coefficient (Wildman–Crippen LogP) is 4.54. The van der Waals surface area contributed by atoms with E-state index in [4.69, 9.17) is 28.0 Å². The van der Waals surface area contributed by atoms with Crippen molar-refractivity contribution in [1.82, 2.24) is 0 Å². The van der Waals surface area contributed by atoms with Gasteiger partial charge in [-0.05, 0) is 40.0 Å².